The monoisotopic (exact) mass is 250 g/mol. The summed E-state index contributed by atoms with van der Waals surface area (Å²) >= 11 is 0. The van der Waals surface area contributed by atoms with E-state index in [4.69, 9.17) is 10.5 Å². The summed E-state index contributed by atoms with van der Waals surface area (Å²) in [6.45, 7) is 8.04. The van der Waals surface area contributed by atoms with Crippen molar-refractivity contribution in [3.8, 4) is 5.75 Å². The van der Waals surface area contributed by atoms with Crippen LogP contribution in [0.2, 0.25) is 0 Å². The number of ether oxygens (including phenoxy) is 1. The SMILES string of the molecule is Cc1ccc(N)c(OCC(=O)NC(C)C(C)C)c1. The Morgan fingerprint density at radius 2 is 2.06 bits per heavy atom. The van der Waals surface area contributed by atoms with E-state index in [1.807, 2.05) is 26.0 Å². The third-order valence-electron chi connectivity index (χ3n) is 2.92. The summed E-state index contributed by atoms with van der Waals surface area (Å²) in [4.78, 5) is 11.7. The number of nitrogens with two attached hydrogens (primary N) is 1. The Hall–Kier alpha value is -1.71. The highest BCUT2D eigenvalue weighted by molar-refractivity contribution is 5.78. The fourth-order valence-electron chi connectivity index (χ4n) is 1.37. The Labute approximate surface area is 109 Å². The highest BCUT2D eigenvalue weighted by atomic mass is 16.5. The van der Waals surface area contributed by atoms with Crippen LogP contribution in [0.1, 0.15) is 26.3 Å². The Bertz CT molecular complexity index is 416. The van der Waals surface area contributed by atoms with E-state index in [1.54, 1.807) is 6.07 Å². The van der Waals surface area contributed by atoms with Crippen molar-refractivity contribution in [1.82, 2.24) is 5.32 Å². The summed E-state index contributed by atoms with van der Waals surface area (Å²) in [6.07, 6.45) is 0. The maximum atomic E-state index is 11.7. The van der Waals surface area contributed by atoms with E-state index in [-0.39, 0.29) is 18.6 Å². The van der Waals surface area contributed by atoms with Gasteiger partial charge in [-0.05, 0) is 37.5 Å². The molecule has 0 aromatic heterocycles. The second-order valence-electron chi connectivity index (χ2n) is 4.93. The van der Waals surface area contributed by atoms with Crippen LogP contribution in [0, 0.1) is 12.8 Å². The van der Waals surface area contributed by atoms with Crippen LogP contribution < -0.4 is 15.8 Å². The number of carbonyl (C=O) groups is 1. The molecule has 3 N–H and O–H groups in total. The summed E-state index contributed by atoms with van der Waals surface area (Å²) in [6, 6.07) is 5.65. The van der Waals surface area contributed by atoms with E-state index in [2.05, 4.69) is 19.2 Å². The minimum atomic E-state index is -0.128. The van der Waals surface area contributed by atoms with Gasteiger partial charge < -0.3 is 15.8 Å². The van der Waals surface area contributed by atoms with Gasteiger partial charge in [-0.1, -0.05) is 19.9 Å². The molecule has 0 fully saturated rings. The highest BCUT2D eigenvalue weighted by Crippen LogP contribution is 2.22. The van der Waals surface area contributed by atoms with Gasteiger partial charge in [0.25, 0.3) is 5.91 Å². The molecule has 1 aromatic rings. The predicted octanol–water partition coefficient (Wildman–Crippen LogP) is 2.12. The Morgan fingerprint density at radius 3 is 2.67 bits per heavy atom. The number of nitrogen functional groups attached to an aromatic ring is 1. The molecule has 0 saturated carbocycles. The molecule has 0 heterocycles. The van der Waals surface area contributed by atoms with Gasteiger partial charge in [-0.25, -0.2) is 0 Å². The molecule has 100 valence electrons. The molecule has 4 heteroatoms. The van der Waals surface area contributed by atoms with Crippen LogP contribution in [0.15, 0.2) is 18.2 Å². The Balaban J connectivity index is 2.50. The van der Waals surface area contributed by atoms with Crippen LogP contribution in [0.25, 0.3) is 0 Å². The lowest BCUT2D eigenvalue weighted by Crippen LogP contribution is -2.39. The number of hydrogen-bond acceptors (Lipinski definition) is 3. The predicted molar refractivity (Wildman–Crippen MR) is 73.5 cm³/mol. The van der Waals surface area contributed by atoms with Crippen molar-refractivity contribution in [1.29, 1.82) is 0 Å². The summed E-state index contributed by atoms with van der Waals surface area (Å²) in [5.74, 6) is 0.831. The van der Waals surface area contributed by atoms with Gasteiger partial charge in [0.05, 0.1) is 5.69 Å². The van der Waals surface area contributed by atoms with E-state index < -0.39 is 0 Å². The molecule has 1 amide bonds. The number of aryl methyl sites for hydroxylation is 1. The fraction of sp³-hybridized carbons (Fsp3) is 0.500. The van der Waals surface area contributed by atoms with Gasteiger partial charge in [0, 0.05) is 6.04 Å². The van der Waals surface area contributed by atoms with Gasteiger partial charge in [-0.2, -0.15) is 0 Å². The topological polar surface area (TPSA) is 64.3 Å². The molecule has 0 aliphatic rings. The van der Waals surface area contributed by atoms with Gasteiger partial charge in [0.15, 0.2) is 6.61 Å². The standard InChI is InChI=1S/C14H22N2O2/c1-9(2)11(4)16-14(17)8-18-13-7-10(3)5-6-12(13)15/h5-7,9,11H,8,15H2,1-4H3,(H,16,17). The molecule has 0 bridgehead atoms. The highest BCUT2D eigenvalue weighted by Gasteiger charge is 2.11. The quantitative estimate of drug-likeness (QED) is 0.787. The molecule has 1 unspecified atom stereocenters. The Morgan fingerprint density at radius 1 is 1.39 bits per heavy atom. The van der Waals surface area contributed by atoms with E-state index in [0.717, 1.165) is 5.56 Å². The molecule has 4 nitrogen and oxygen atoms in total. The van der Waals surface area contributed by atoms with Gasteiger partial charge in [0.2, 0.25) is 0 Å². The summed E-state index contributed by atoms with van der Waals surface area (Å²) in [5.41, 5.74) is 7.37. The van der Waals surface area contributed by atoms with Crippen molar-refractivity contribution < 1.29 is 9.53 Å². The molecule has 0 aliphatic carbocycles. The minimum absolute atomic E-state index is 0.00921. The zero-order valence-corrected chi connectivity index (χ0v) is 11.5. The zero-order valence-electron chi connectivity index (χ0n) is 11.5. The van der Waals surface area contributed by atoms with Crippen LogP contribution in [0.5, 0.6) is 5.75 Å². The molecule has 0 aliphatic heterocycles. The third-order valence-corrected chi connectivity index (χ3v) is 2.92. The van der Waals surface area contributed by atoms with Crippen LogP contribution in [-0.2, 0) is 4.79 Å². The maximum Gasteiger partial charge on any atom is 0.258 e. The summed E-state index contributed by atoms with van der Waals surface area (Å²) in [5, 5.41) is 2.88. The average molecular weight is 250 g/mol. The second kappa shape index (κ2) is 6.28. The van der Waals surface area contributed by atoms with Crippen LogP contribution in [-0.4, -0.2) is 18.6 Å². The van der Waals surface area contributed by atoms with Gasteiger partial charge in [-0.15, -0.1) is 0 Å². The lowest BCUT2D eigenvalue weighted by Gasteiger charge is -2.17. The summed E-state index contributed by atoms with van der Waals surface area (Å²) in [7, 11) is 0. The number of hydrogen-bond donors (Lipinski definition) is 2. The number of nitrogens with one attached hydrogen (secondary N) is 1. The first kappa shape index (κ1) is 14.4. The molecule has 18 heavy (non-hydrogen) atoms. The second-order valence-corrected chi connectivity index (χ2v) is 4.93. The lowest BCUT2D eigenvalue weighted by molar-refractivity contribution is -0.123. The van der Waals surface area contributed by atoms with Crippen molar-refractivity contribution in [3.05, 3.63) is 23.8 Å². The van der Waals surface area contributed by atoms with Gasteiger partial charge in [0.1, 0.15) is 5.75 Å². The maximum absolute atomic E-state index is 11.7. The summed E-state index contributed by atoms with van der Waals surface area (Å²) < 4.78 is 5.42. The first-order valence-corrected chi connectivity index (χ1v) is 6.18. The number of benzene rings is 1. The van der Waals surface area contributed by atoms with E-state index in [0.29, 0.717) is 17.4 Å². The molecular weight excluding hydrogens is 228 g/mol. The molecule has 0 spiro atoms. The fourth-order valence-corrected chi connectivity index (χ4v) is 1.37. The first-order chi connectivity index (χ1) is 8.40. The number of rotatable bonds is 5. The minimum Gasteiger partial charge on any atom is -0.482 e. The molecular formula is C14H22N2O2. The van der Waals surface area contributed by atoms with Gasteiger partial charge >= 0.3 is 0 Å². The number of carbonyl (C=O) groups excluding carboxylic acids is 1. The molecule has 1 atom stereocenters. The van der Waals surface area contributed by atoms with Crippen molar-refractivity contribution in [2.45, 2.75) is 33.7 Å². The average Bonchev–Trinajstić information content (AvgIpc) is 2.30. The van der Waals surface area contributed by atoms with E-state index in [1.165, 1.54) is 0 Å². The first-order valence-electron chi connectivity index (χ1n) is 6.18. The number of amides is 1. The zero-order chi connectivity index (χ0) is 13.7. The Kier molecular flexibility index (Phi) is 5.01. The van der Waals surface area contributed by atoms with E-state index >= 15 is 0 Å². The third kappa shape index (κ3) is 4.28. The van der Waals surface area contributed by atoms with Crippen LogP contribution in [0.3, 0.4) is 0 Å². The van der Waals surface area contributed by atoms with Crippen molar-refractivity contribution >= 4 is 11.6 Å². The van der Waals surface area contributed by atoms with Gasteiger partial charge in [-0.3, -0.25) is 4.79 Å². The lowest BCUT2D eigenvalue weighted by atomic mass is 10.1. The largest absolute Gasteiger partial charge is 0.482 e. The van der Waals surface area contributed by atoms with Crippen molar-refractivity contribution in [3.63, 3.8) is 0 Å². The van der Waals surface area contributed by atoms with Crippen LogP contribution in [0.4, 0.5) is 5.69 Å². The smallest absolute Gasteiger partial charge is 0.258 e. The molecule has 1 rings (SSSR count). The molecule has 1 aromatic carbocycles. The number of anilines is 1. The normalized spacial score (nSPS) is 12.3. The van der Waals surface area contributed by atoms with E-state index in [9.17, 15) is 4.79 Å². The molecule has 0 radical (unpaired) electrons. The van der Waals surface area contributed by atoms with Crippen molar-refractivity contribution in [2.24, 2.45) is 5.92 Å². The van der Waals surface area contributed by atoms with Crippen LogP contribution >= 0.6 is 0 Å². The molecule has 0 saturated heterocycles. The van der Waals surface area contributed by atoms with Crippen molar-refractivity contribution in [2.75, 3.05) is 12.3 Å².